The number of aromatic carboxylic acids is 1. The summed E-state index contributed by atoms with van der Waals surface area (Å²) in [6.07, 6.45) is 0. The van der Waals surface area contributed by atoms with Crippen molar-refractivity contribution in [2.45, 2.75) is 6.92 Å². The molecule has 102 valence electrons. The Hall–Kier alpha value is -2.37. The van der Waals surface area contributed by atoms with Crippen molar-refractivity contribution in [2.75, 3.05) is 21.3 Å². The van der Waals surface area contributed by atoms with Gasteiger partial charge in [-0.25, -0.2) is 4.79 Å². The number of ether oxygens (including phenoxy) is 3. The molecule has 0 aliphatic rings. The molecule has 2 rings (SSSR count). The molecule has 0 radical (unpaired) electrons. The first kappa shape index (κ1) is 13.1. The van der Waals surface area contributed by atoms with E-state index in [4.69, 9.17) is 23.7 Å². The van der Waals surface area contributed by atoms with Crippen LogP contribution in [0.2, 0.25) is 0 Å². The lowest BCUT2D eigenvalue weighted by Gasteiger charge is -2.14. The van der Waals surface area contributed by atoms with E-state index in [1.165, 1.54) is 27.4 Å². The van der Waals surface area contributed by atoms with Crippen LogP contribution in [-0.2, 0) is 0 Å². The van der Waals surface area contributed by atoms with Gasteiger partial charge < -0.3 is 23.7 Å². The Morgan fingerprint density at radius 2 is 1.68 bits per heavy atom. The fraction of sp³-hybridized carbons (Fsp3) is 0.308. The molecular formula is C13H14O6. The summed E-state index contributed by atoms with van der Waals surface area (Å²) in [4.78, 5) is 11.0. The van der Waals surface area contributed by atoms with Crippen LogP contribution in [0.15, 0.2) is 10.5 Å². The molecule has 1 aromatic carbocycles. The Balaban J connectivity index is 2.92. The third kappa shape index (κ3) is 1.85. The maximum absolute atomic E-state index is 11.0. The number of carboxylic acid groups (broad SMARTS) is 1. The first-order valence-electron chi connectivity index (χ1n) is 5.50. The number of methoxy groups -OCH3 is 3. The van der Waals surface area contributed by atoms with E-state index in [0.29, 0.717) is 33.8 Å². The normalized spacial score (nSPS) is 10.5. The van der Waals surface area contributed by atoms with Crippen molar-refractivity contribution in [2.24, 2.45) is 0 Å². The minimum Gasteiger partial charge on any atom is -0.496 e. The van der Waals surface area contributed by atoms with Crippen molar-refractivity contribution >= 4 is 16.9 Å². The minimum atomic E-state index is -1.16. The third-order valence-electron chi connectivity index (χ3n) is 2.89. The zero-order chi connectivity index (χ0) is 14.2. The molecule has 0 saturated carbocycles. The summed E-state index contributed by atoms with van der Waals surface area (Å²) in [5, 5.41) is 9.54. The quantitative estimate of drug-likeness (QED) is 0.915. The third-order valence-corrected chi connectivity index (χ3v) is 2.89. The molecule has 0 aliphatic carbocycles. The summed E-state index contributed by atoms with van der Waals surface area (Å²) in [6.45, 7) is 1.80. The van der Waals surface area contributed by atoms with Gasteiger partial charge in [0.1, 0.15) is 5.75 Å². The summed E-state index contributed by atoms with van der Waals surface area (Å²) in [6, 6.07) is 1.41. The van der Waals surface area contributed by atoms with Crippen LogP contribution in [0.4, 0.5) is 0 Å². The van der Waals surface area contributed by atoms with Crippen molar-refractivity contribution in [3.05, 3.63) is 17.4 Å². The highest BCUT2D eigenvalue weighted by molar-refractivity contribution is 5.98. The molecule has 0 saturated heterocycles. The van der Waals surface area contributed by atoms with Crippen LogP contribution in [0.1, 0.15) is 16.1 Å². The second-order valence-electron chi connectivity index (χ2n) is 3.88. The first-order chi connectivity index (χ1) is 9.04. The van der Waals surface area contributed by atoms with E-state index in [-0.39, 0.29) is 5.76 Å². The largest absolute Gasteiger partial charge is 0.496 e. The van der Waals surface area contributed by atoms with Gasteiger partial charge in [0.15, 0.2) is 11.3 Å². The number of rotatable bonds is 4. The van der Waals surface area contributed by atoms with E-state index in [9.17, 15) is 4.79 Å². The maximum Gasteiger partial charge on any atom is 0.371 e. The average Bonchev–Trinajstić information content (AvgIpc) is 2.81. The van der Waals surface area contributed by atoms with Crippen LogP contribution in [0, 0.1) is 6.92 Å². The molecule has 0 spiro atoms. The highest BCUT2D eigenvalue weighted by atomic mass is 16.5. The van der Waals surface area contributed by atoms with Crippen LogP contribution in [-0.4, -0.2) is 32.4 Å². The Kier molecular flexibility index (Phi) is 3.25. The van der Waals surface area contributed by atoms with Gasteiger partial charge in [-0.15, -0.1) is 0 Å². The minimum absolute atomic E-state index is 0.181. The van der Waals surface area contributed by atoms with E-state index in [0.717, 1.165) is 0 Å². The van der Waals surface area contributed by atoms with E-state index < -0.39 is 5.97 Å². The molecule has 6 heteroatoms. The molecule has 2 aromatic rings. The second-order valence-corrected chi connectivity index (χ2v) is 3.88. The fourth-order valence-electron chi connectivity index (χ4n) is 2.11. The van der Waals surface area contributed by atoms with Crippen molar-refractivity contribution in [3.63, 3.8) is 0 Å². The molecule has 0 unspecified atom stereocenters. The van der Waals surface area contributed by atoms with Gasteiger partial charge in [-0.2, -0.15) is 0 Å². The lowest BCUT2D eigenvalue weighted by atomic mass is 10.1. The number of hydrogen-bond donors (Lipinski definition) is 1. The topological polar surface area (TPSA) is 78.1 Å². The predicted molar refractivity (Wildman–Crippen MR) is 67.6 cm³/mol. The molecular weight excluding hydrogens is 252 g/mol. The van der Waals surface area contributed by atoms with Gasteiger partial charge in [0, 0.05) is 11.6 Å². The maximum atomic E-state index is 11.0. The average molecular weight is 266 g/mol. The summed E-state index contributed by atoms with van der Waals surface area (Å²) in [7, 11) is 4.46. The Labute approximate surface area is 109 Å². The zero-order valence-corrected chi connectivity index (χ0v) is 11.1. The first-order valence-corrected chi connectivity index (χ1v) is 5.50. The van der Waals surface area contributed by atoms with Gasteiger partial charge in [-0.1, -0.05) is 0 Å². The lowest BCUT2D eigenvalue weighted by Crippen LogP contribution is -1.97. The van der Waals surface area contributed by atoms with E-state index >= 15 is 0 Å². The van der Waals surface area contributed by atoms with Crippen LogP contribution in [0.25, 0.3) is 11.0 Å². The van der Waals surface area contributed by atoms with Gasteiger partial charge in [0.2, 0.25) is 11.5 Å². The van der Waals surface area contributed by atoms with Gasteiger partial charge in [0.25, 0.3) is 0 Å². The molecule has 1 aromatic heterocycles. The van der Waals surface area contributed by atoms with Crippen molar-refractivity contribution < 1.29 is 28.5 Å². The Morgan fingerprint density at radius 1 is 1.11 bits per heavy atom. The molecule has 0 atom stereocenters. The van der Waals surface area contributed by atoms with E-state index in [2.05, 4.69) is 0 Å². The molecule has 0 aliphatic heterocycles. The summed E-state index contributed by atoms with van der Waals surface area (Å²) >= 11 is 0. The lowest BCUT2D eigenvalue weighted by molar-refractivity contribution is 0.0665. The highest BCUT2D eigenvalue weighted by Gasteiger charge is 2.24. The highest BCUT2D eigenvalue weighted by Crippen LogP contribution is 2.46. The second kappa shape index (κ2) is 4.72. The summed E-state index contributed by atoms with van der Waals surface area (Å²) in [5.74, 6) is -0.0264. The zero-order valence-electron chi connectivity index (χ0n) is 11.1. The molecule has 19 heavy (non-hydrogen) atoms. The van der Waals surface area contributed by atoms with E-state index in [1.54, 1.807) is 6.92 Å². The summed E-state index contributed by atoms with van der Waals surface area (Å²) in [5.41, 5.74) is 1.01. The Bertz CT molecular complexity index is 640. The van der Waals surface area contributed by atoms with Crippen LogP contribution >= 0.6 is 0 Å². The molecule has 0 amide bonds. The molecule has 6 nitrogen and oxygen atoms in total. The van der Waals surface area contributed by atoms with Crippen molar-refractivity contribution in [1.82, 2.24) is 0 Å². The standard InChI is InChI=1S/C13H14O6/c1-6-9(16-2)7-5-8(13(14)15)19-11(7)12(18-4)10(6)17-3/h5H,1-4H3,(H,14,15). The van der Waals surface area contributed by atoms with Crippen LogP contribution in [0.3, 0.4) is 0 Å². The number of hydrogen-bond acceptors (Lipinski definition) is 5. The number of furan rings is 1. The van der Waals surface area contributed by atoms with Gasteiger partial charge in [-0.3, -0.25) is 0 Å². The van der Waals surface area contributed by atoms with Crippen molar-refractivity contribution in [1.29, 1.82) is 0 Å². The monoisotopic (exact) mass is 266 g/mol. The number of carbonyl (C=O) groups is 1. The molecule has 0 bridgehead atoms. The van der Waals surface area contributed by atoms with Crippen LogP contribution < -0.4 is 14.2 Å². The smallest absolute Gasteiger partial charge is 0.371 e. The predicted octanol–water partition coefficient (Wildman–Crippen LogP) is 2.47. The van der Waals surface area contributed by atoms with Crippen LogP contribution in [0.5, 0.6) is 17.2 Å². The summed E-state index contributed by atoms with van der Waals surface area (Å²) < 4.78 is 21.1. The Morgan fingerprint density at radius 3 is 2.16 bits per heavy atom. The fourth-order valence-corrected chi connectivity index (χ4v) is 2.11. The van der Waals surface area contributed by atoms with Gasteiger partial charge >= 0.3 is 5.97 Å². The molecule has 1 N–H and O–H groups in total. The van der Waals surface area contributed by atoms with Crippen molar-refractivity contribution in [3.8, 4) is 17.2 Å². The van der Waals surface area contributed by atoms with E-state index in [1.807, 2.05) is 0 Å². The molecule has 0 fully saturated rings. The molecule has 1 heterocycles. The SMILES string of the molecule is COc1c(C)c(OC)c2cc(C(=O)O)oc2c1OC. The van der Waals surface area contributed by atoms with Gasteiger partial charge in [0.05, 0.1) is 26.7 Å². The number of carboxylic acids is 1. The number of benzene rings is 1. The number of fused-ring (bicyclic) bond motifs is 1. The van der Waals surface area contributed by atoms with Gasteiger partial charge in [-0.05, 0) is 6.92 Å².